The second kappa shape index (κ2) is 7.21. The maximum Gasteiger partial charge on any atom is 0.283 e. The van der Waals surface area contributed by atoms with Gasteiger partial charge in [0.2, 0.25) is 0 Å². The van der Waals surface area contributed by atoms with Gasteiger partial charge >= 0.3 is 0 Å². The van der Waals surface area contributed by atoms with Crippen LogP contribution in [0.4, 0.5) is 0 Å². The van der Waals surface area contributed by atoms with Crippen LogP contribution in [0.3, 0.4) is 0 Å². The predicted octanol–water partition coefficient (Wildman–Crippen LogP) is 3.31. The molecule has 4 aromatic rings. The fraction of sp³-hybridized carbons (Fsp3) is 0.273. The van der Waals surface area contributed by atoms with Gasteiger partial charge in [-0.2, -0.15) is 9.78 Å². The van der Waals surface area contributed by atoms with Gasteiger partial charge < -0.3 is 0 Å². The molecule has 1 aliphatic carbocycles. The molecule has 0 saturated heterocycles. The van der Waals surface area contributed by atoms with E-state index in [4.69, 9.17) is 0 Å². The number of fused-ring (bicyclic) bond motifs is 3. The third kappa shape index (κ3) is 2.95. The molecule has 0 amide bonds. The van der Waals surface area contributed by atoms with Crippen molar-refractivity contribution >= 4 is 27.8 Å². The standard InChI is InChI=1S/C22H21N5O2S/c1-13-17(21(28)27(25-13)15-8-4-3-5-9-15)12-23-26-14(2)24-20-19(22(26)29)16-10-6-7-11-18(16)30-20/h3-5,8-9,12,25H,6-7,10-11H2,1-2H3. The Morgan fingerprint density at radius 1 is 1.10 bits per heavy atom. The van der Waals surface area contributed by atoms with Crippen LogP contribution in [-0.2, 0) is 12.8 Å². The molecule has 5 rings (SSSR count). The van der Waals surface area contributed by atoms with Gasteiger partial charge in [-0.1, -0.05) is 18.2 Å². The van der Waals surface area contributed by atoms with Crippen molar-refractivity contribution in [3.05, 3.63) is 78.6 Å². The SMILES string of the molecule is Cc1[nH]n(-c2ccccc2)c(=O)c1C=Nn1c(C)nc2sc3c(c2c1=O)CCCC3. The maximum atomic E-state index is 13.2. The van der Waals surface area contributed by atoms with E-state index in [2.05, 4.69) is 15.2 Å². The zero-order valence-corrected chi connectivity index (χ0v) is 17.6. The molecule has 1 aromatic carbocycles. The number of nitrogens with one attached hydrogen (secondary N) is 1. The van der Waals surface area contributed by atoms with Gasteiger partial charge in [-0.05, 0) is 57.2 Å². The first-order valence-corrected chi connectivity index (χ1v) is 10.8. The number of benzene rings is 1. The Balaban J connectivity index is 1.61. The van der Waals surface area contributed by atoms with Gasteiger partial charge in [0.1, 0.15) is 10.7 Å². The number of hydrogen-bond donors (Lipinski definition) is 1. The van der Waals surface area contributed by atoms with Gasteiger partial charge in [0.25, 0.3) is 11.1 Å². The highest BCUT2D eigenvalue weighted by molar-refractivity contribution is 7.18. The average Bonchev–Trinajstić information content (AvgIpc) is 3.25. The van der Waals surface area contributed by atoms with Crippen molar-refractivity contribution in [1.82, 2.24) is 19.4 Å². The fourth-order valence-corrected chi connectivity index (χ4v) is 5.32. The summed E-state index contributed by atoms with van der Waals surface area (Å²) in [6.07, 6.45) is 5.63. The summed E-state index contributed by atoms with van der Waals surface area (Å²) in [5, 5.41) is 8.13. The van der Waals surface area contributed by atoms with Crippen LogP contribution in [0.25, 0.3) is 15.9 Å². The van der Waals surface area contributed by atoms with Gasteiger partial charge in [0.05, 0.1) is 22.9 Å². The second-order valence-electron chi connectivity index (χ2n) is 7.54. The zero-order chi connectivity index (χ0) is 20.8. The molecule has 0 radical (unpaired) electrons. The lowest BCUT2D eigenvalue weighted by Crippen LogP contribution is -2.22. The molecule has 3 heterocycles. The van der Waals surface area contributed by atoms with E-state index in [9.17, 15) is 9.59 Å². The average molecular weight is 420 g/mol. The van der Waals surface area contributed by atoms with E-state index in [1.54, 1.807) is 18.3 Å². The molecule has 3 aromatic heterocycles. The number of H-pyrrole nitrogens is 1. The molecule has 7 nitrogen and oxygen atoms in total. The van der Waals surface area contributed by atoms with Crippen molar-refractivity contribution in [3.8, 4) is 5.69 Å². The van der Waals surface area contributed by atoms with Gasteiger partial charge in [0.15, 0.2) is 0 Å². The Hall–Kier alpha value is -3.26. The van der Waals surface area contributed by atoms with Crippen LogP contribution < -0.4 is 11.1 Å². The Bertz CT molecular complexity index is 1410. The molecule has 0 fully saturated rings. The van der Waals surface area contributed by atoms with Crippen molar-refractivity contribution in [1.29, 1.82) is 0 Å². The highest BCUT2D eigenvalue weighted by Crippen LogP contribution is 2.33. The van der Waals surface area contributed by atoms with E-state index in [1.807, 2.05) is 37.3 Å². The summed E-state index contributed by atoms with van der Waals surface area (Å²) in [5.74, 6) is 0.513. The smallest absolute Gasteiger partial charge is 0.283 e. The lowest BCUT2D eigenvalue weighted by molar-refractivity contribution is 0.698. The third-order valence-corrected chi connectivity index (χ3v) is 6.75. The molecule has 0 spiro atoms. The molecule has 0 aliphatic heterocycles. The lowest BCUT2D eigenvalue weighted by Gasteiger charge is -2.10. The van der Waals surface area contributed by atoms with E-state index in [0.29, 0.717) is 22.5 Å². The first kappa shape index (κ1) is 18.7. The van der Waals surface area contributed by atoms with Gasteiger partial charge in [-0.3, -0.25) is 14.7 Å². The number of thiophene rings is 1. The molecular weight excluding hydrogens is 398 g/mol. The number of nitrogens with zero attached hydrogens (tertiary/aromatic N) is 4. The van der Waals surface area contributed by atoms with Crippen molar-refractivity contribution in [2.24, 2.45) is 5.10 Å². The summed E-state index contributed by atoms with van der Waals surface area (Å²) in [6, 6.07) is 9.34. The highest BCUT2D eigenvalue weighted by Gasteiger charge is 2.21. The van der Waals surface area contributed by atoms with Gasteiger partial charge in [-0.25, -0.2) is 9.67 Å². The van der Waals surface area contributed by atoms with Gasteiger partial charge in [-0.15, -0.1) is 11.3 Å². The van der Waals surface area contributed by atoms with Crippen LogP contribution in [0, 0.1) is 13.8 Å². The highest BCUT2D eigenvalue weighted by atomic mass is 32.1. The number of hydrogen-bond acceptors (Lipinski definition) is 5. The normalized spacial score (nSPS) is 13.9. The zero-order valence-electron chi connectivity index (χ0n) is 16.8. The topological polar surface area (TPSA) is 85.0 Å². The molecule has 0 bridgehead atoms. The largest absolute Gasteiger partial charge is 0.295 e. The van der Waals surface area contributed by atoms with E-state index < -0.39 is 0 Å². The second-order valence-corrected chi connectivity index (χ2v) is 8.62. The summed E-state index contributed by atoms with van der Waals surface area (Å²) >= 11 is 1.62. The molecule has 1 N–H and O–H groups in total. The summed E-state index contributed by atoms with van der Waals surface area (Å²) in [4.78, 5) is 32.8. The van der Waals surface area contributed by atoms with Gasteiger partial charge in [0, 0.05) is 10.6 Å². The molecule has 8 heteroatoms. The molecule has 1 aliphatic rings. The summed E-state index contributed by atoms with van der Waals surface area (Å²) in [7, 11) is 0. The first-order valence-electron chi connectivity index (χ1n) is 10.00. The monoisotopic (exact) mass is 419 g/mol. The van der Waals surface area contributed by atoms with E-state index in [-0.39, 0.29) is 11.1 Å². The Labute approximate surface area is 176 Å². The van der Waals surface area contributed by atoms with Crippen LogP contribution >= 0.6 is 11.3 Å². The van der Waals surface area contributed by atoms with Crippen molar-refractivity contribution in [3.63, 3.8) is 0 Å². The lowest BCUT2D eigenvalue weighted by atomic mass is 9.97. The van der Waals surface area contributed by atoms with E-state index in [1.165, 1.54) is 20.4 Å². The maximum absolute atomic E-state index is 13.2. The molecule has 0 atom stereocenters. The minimum absolute atomic E-state index is 0.162. The van der Waals surface area contributed by atoms with Crippen molar-refractivity contribution < 1.29 is 0 Å². The Morgan fingerprint density at radius 3 is 2.67 bits per heavy atom. The molecule has 30 heavy (non-hydrogen) atoms. The number of aromatic nitrogens is 4. The number of aromatic amines is 1. The molecule has 0 unspecified atom stereocenters. The van der Waals surface area contributed by atoms with E-state index >= 15 is 0 Å². The Kier molecular flexibility index (Phi) is 4.51. The minimum Gasteiger partial charge on any atom is -0.295 e. The van der Waals surface area contributed by atoms with E-state index in [0.717, 1.165) is 41.8 Å². The molecular formula is C22H21N5O2S. The number of rotatable bonds is 3. The van der Waals surface area contributed by atoms with Crippen LogP contribution in [-0.4, -0.2) is 25.7 Å². The van der Waals surface area contributed by atoms with Crippen molar-refractivity contribution in [2.45, 2.75) is 39.5 Å². The minimum atomic E-state index is -0.213. The quantitative estimate of drug-likeness (QED) is 0.517. The number of para-hydroxylation sites is 1. The number of aryl methyl sites for hydroxylation is 4. The first-order chi connectivity index (χ1) is 14.5. The fourth-order valence-electron chi connectivity index (χ4n) is 4.02. The van der Waals surface area contributed by atoms with Crippen LogP contribution in [0.15, 0.2) is 45.0 Å². The summed E-state index contributed by atoms with van der Waals surface area (Å²) in [6.45, 7) is 3.58. The van der Waals surface area contributed by atoms with Crippen molar-refractivity contribution in [2.75, 3.05) is 0 Å². The predicted molar refractivity (Wildman–Crippen MR) is 119 cm³/mol. The third-order valence-electron chi connectivity index (χ3n) is 5.56. The summed E-state index contributed by atoms with van der Waals surface area (Å²) in [5.41, 5.74) is 2.59. The van der Waals surface area contributed by atoms with Crippen LogP contribution in [0.2, 0.25) is 0 Å². The molecule has 152 valence electrons. The van der Waals surface area contributed by atoms with Crippen LogP contribution in [0.5, 0.6) is 0 Å². The Morgan fingerprint density at radius 2 is 1.87 bits per heavy atom. The molecule has 0 saturated carbocycles. The van der Waals surface area contributed by atoms with Crippen LogP contribution in [0.1, 0.15) is 40.4 Å². The summed E-state index contributed by atoms with van der Waals surface area (Å²) < 4.78 is 2.78.